The monoisotopic (exact) mass is 558 g/mol. The van der Waals surface area contributed by atoms with Crippen LogP contribution in [0.5, 0.6) is 17.2 Å². The number of phenols is 1. The Morgan fingerprint density at radius 1 is 1.26 bits per heavy atom. The normalized spacial score (nSPS) is 15.5. The molecule has 10 heteroatoms. The maximum Gasteiger partial charge on any atom is 0.338 e. The number of fused-ring (bicyclic) bond motifs is 1. The molecule has 0 aliphatic carbocycles. The van der Waals surface area contributed by atoms with Crippen LogP contribution in [0, 0.1) is 0 Å². The molecule has 0 saturated carbocycles. The van der Waals surface area contributed by atoms with Crippen molar-refractivity contribution in [3.05, 3.63) is 83.0 Å². The second-order valence-electron chi connectivity index (χ2n) is 7.63. The first-order valence-electron chi connectivity index (χ1n) is 10.7. The van der Waals surface area contributed by atoms with E-state index in [1.165, 1.54) is 23.0 Å². The van der Waals surface area contributed by atoms with E-state index in [0.717, 1.165) is 0 Å². The fourth-order valence-electron chi connectivity index (χ4n) is 3.90. The van der Waals surface area contributed by atoms with E-state index in [1.807, 2.05) is 12.1 Å². The largest absolute Gasteiger partial charge is 0.503 e. The standard InChI is InChI=1S/C25H23BrN2O6S/c1-5-34-24(31)20-13(2)27-25-28(21(20)15-7-6-8-16(12-15)32-3)23(30)19(35-25)11-14-9-17(26)22(29)18(10-14)33-4/h6-12,21,29H,5H2,1-4H3/b19-11-/t21-/m0/s1. The molecular formula is C25H23BrN2O6S. The van der Waals surface area contributed by atoms with E-state index in [0.29, 0.717) is 42.0 Å². The van der Waals surface area contributed by atoms with Crippen LogP contribution in [0.15, 0.2) is 61.9 Å². The third-order valence-electron chi connectivity index (χ3n) is 5.50. The van der Waals surface area contributed by atoms with Gasteiger partial charge in [0, 0.05) is 0 Å². The summed E-state index contributed by atoms with van der Waals surface area (Å²) in [6, 6.07) is 9.82. The number of hydrogen-bond donors (Lipinski definition) is 1. The number of nitrogens with zero attached hydrogens (tertiary/aromatic N) is 2. The smallest absolute Gasteiger partial charge is 0.338 e. The van der Waals surface area contributed by atoms with Crippen molar-refractivity contribution in [1.82, 2.24) is 4.57 Å². The molecule has 0 saturated heterocycles. The summed E-state index contributed by atoms with van der Waals surface area (Å²) in [5, 5.41) is 10.1. The maximum atomic E-state index is 13.7. The van der Waals surface area contributed by atoms with Gasteiger partial charge in [-0.2, -0.15) is 0 Å². The average molecular weight is 559 g/mol. The molecule has 35 heavy (non-hydrogen) atoms. The van der Waals surface area contributed by atoms with Crippen LogP contribution < -0.4 is 24.4 Å². The van der Waals surface area contributed by atoms with Gasteiger partial charge in [0.05, 0.1) is 47.1 Å². The molecule has 0 amide bonds. The number of thiazole rings is 1. The molecule has 1 aromatic heterocycles. The van der Waals surface area contributed by atoms with Crippen LogP contribution >= 0.6 is 27.3 Å². The van der Waals surface area contributed by atoms with Crippen LogP contribution in [0.4, 0.5) is 0 Å². The Kier molecular flexibility index (Phi) is 7.13. The van der Waals surface area contributed by atoms with Gasteiger partial charge in [-0.1, -0.05) is 23.5 Å². The highest BCUT2D eigenvalue weighted by Gasteiger charge is 2.33. The van der Waals surface area contributed by atoms with Gasteiger partial charge in [0.2, 0.25) is 0 Å². The molecule has 2 aromatic carbocycles. The Balaban J connectivity index is 1.96. The molecule has 182 valence electrons. The van der Waals surface area contributed by atoms with Crippen LogP contribution in [0.25, 0.3) is 6.08 Å². The number of carbonyl (C=O) groups is 1. The fourth-order valence-corrected chi connectivity index (χ4v) is 5.41. The Labute approximate surface area is 213 Å². The second kappa shape index (κ2) is 10.1. The molecule has 4 rings (SSSR count). The predicted octanol–water partition coefficient (Wildman–Crippen LogP) is 3.28. The molecule has 1 atom stereocenters. The zero-order valence-electron chi connectivity index (χ0n) is 19.5. The van der Waals surface area contributed by atoms with Crippen LogP contribution in [0.1, 0.15) is 31.0 Å². The number of phenolic OH excluding ortho intramolecular Hbond substituents is 1. The number of ether oxygens (including phenoxy) is 3. The van der Waals surface area contributed by atoms with Crippen molar-refractivity contribution in [1.29, 1.82) is 0 Å². The molecule has 0 radical (unpaired) electrons. The first kappa shape index (κ1) is 24.7. The average Bonchev–Trinajstić information content (AvgIpc) is 3.14. The van der Waals surface area contributed by atoms with E-state index >= 15 is 0 Å². The van der Waals surface area contributed by atoms with Crippen LogP contribution in [0.3, 0.4) is 0 Å². The zero-order chi connectivity index (χ0) is 25.3. The second-order valence-corrected chi connectivity index (χ2v) is 9.50. The van der Waals surface area contributed by atoms with Crippen molar-refractivity contribution in [3.63, 3.8) is 0 Å². The number of methoxy groups -OCH3 is 2. The lowest BCUT2D eigenvalue weighted by molar-refractivity contribution is -0.139. The van der Waals surface area contributed by atoms with Crippen molar-refractivity contribution in [2.24, 2.45) is 4.99 Å². The molecule has 1 N–H and O–H groups in total. The van der Waals surface area contributed by atoms with Gasteiger partial charge < -0.3 is 19.3 Å². The number of esters is 1. The van der Waals surface area contributed by atoms with E-state index in [4.69, 9.17) is 14.2 Å². The van der Waals surface area contributed by atoms with E-state index in [1.54, 1.807) is 51.3 Å². The fraction of sp³-hybridized carbons (Fsp3) is 0.240. The van der Waals surface area contributed by atoms with Gasteiger partial charge in [0.1, 0.15) is 5.75 Å². The van der Waals surface area contributed by atoms with E-state index < -0.39 is 12.0 Å². The van der Waals surface area contributed by atoms with Crippen molar-refractivity contribution in [3.8, 4) is 17.2 Å². The van der Waals surface area contributed by atoms with Gasteiger partial charge in [0.15, 0.2) is 16.3 Å². The lowest BCUT2D eigenvalue weighted by Gasteiger charge is -2.25. The number of benzene rings is 2. The summed E-state index contributed by atoms with van der Waals surface area (Å²) in [6.07, 6.45) is 1.70. The molecule has 1 aliphatic heterocycles. The van der Waals surface area contributed by atoms with E-state index in [2.05, 4.69) is 20.9 Å². The lowest BCUT2D eigenvalue weighted by atomic mass is 9.95. The first-order valence-corrected chi connectivity index (χ1v) is 12.3. The summed E-state index contributed by atoms with van der Waals surface area (Å²) < 4.78 is 18.3. The molecule has 2 heterocycles. The third-order valence-corrected chi connectivity index (χ3v) is 7.08. The molecular weight excluding hydrogens is 536 g/mol. The number of halogens is 1. The van der Waals surface area contributed by atoms with Gasteiger partial charge >= 0.3 is 5.97 Å². The Morgan fingerprint density at radius 3 is 2.71 bits per heavy atom. The van der Waals surface area contributed by atoms with Gasteiger partial charge in [-0.05, 0) is 71.2 Å². The maximum absolute atomic E-state index is 13.7. The molecule has 0 spiro atoms. The van der Waals surface area contributed by atoms with Gasteiger partial charge in [-0.25, -0.2) is 9.79 Å². The third kappa shape index (κ3) is 4.63. The summed E-state index contributed by atoms with van der Waals surface area (Å²) in [4.78, 5) is 31.7. The summed E-state index contributed by atoms with van der Waals surface area (Å²) in [5.74, 6) is 0.318. The molecule has 8 nitrogen and oxygen atoms in total. The minimum absolute atomic E-state index is 0.0289. The summed E-state index contributed by atoms with van der Waals surface area (Å²) in [7, 11) is 3.01. The Bertz CT molecular complexity index is 1520. The minimum Gasteiger partial charge on any atom is -0.503 e. The van der Waals surface area contributed by atoms with Gasteiger partial charge in [-0.3, -0.25) is 9.36 Å². The van der Waals surface area contributed by atoms with E-state index in [-0.39, 0.29) is 23.7 Å². The molecule has 0 unspecified atom stereocenters. The zero-order valence-corrected chi connectivity index (χ0v) is 21.9. The quantitative estimate of drug-likeness (QED) is 0.466. The van der Waals surface area contributed by atoms with Gasteiger partial charge in [-0.15, -0.1) is 0 Å². The first-order chi connectivity index (χ1) is 16.8. The highest BCUT2D eigenvalue weighted by molar-refractivity contribution is 9.10. The predicted molar refractivity (Wildman–Crippen MR) is 136 cm³/mol. The van der Waals surface area contributed by atoms with Gasteiger partial charge in [0.25, 0.3) is 5.56 Å². The summed E-state index contributed by atoms with van der Waals surface area (Å²) in [6.45, 7) is 3.66. The summed E-state index contributed by atoms with van der Waals surface area (Å²) in [5.41, 5.74) is 1.82. The highest BCUT2D eigenvalue weighted by atomic mass is 79.9. The van der Waals surface area contributed by atoms with Crippen molar-refractivity contribution >= 4 is 39.3 Å². The molecule has 0 bridgehead atoms. The van der Waals surface area contributed by atoms with Crippen molar-refractivity contribution in [2.45, 2.75) is 19.9 Å². The van der Waals surface area contributed by atoms with Crippen molar-refractivity contribution in [2.75, 3.05) is 20.8 Å². The number of hydrogen-bond acceptors (Lipinski definition) is 8. The molecule has 3 aromatic rings. The van der Waals surface area contributed by atoms with Crippen LogP contribution in [-0.4, -0.2) is 36.5 Å². The van der Waals surface area contributed by atoms with Crippen molar-refractivity contribution < 1.29 is 24.1 Å². The van der Waals surface area contributed by atoms with Crippen LogP contribution in [-0.2, 0) is 9.53 Å². The number of allylic oxidation sites excluding steroid dienone is 1. The van der Waals surface area contributed by atoms with E-state index in [9.17, 15) is 14.7 Å². The minimum atomic E-state index is -0.733. The SMILES string of the molecule is CCOC(=O)C1=C(C)N=c2s/c(=C\c3cc(Br)c(O)c(OC)c3)c(=O)n2[C@H]1c1cccc(OC)c1. The number of aromatic nitrogens is 1. The highest BCUT2D eigenvalue weighted by Crippen LogP contribution is 2.35. The van der Waals surface area contributed by atoms with Crippen LogP contribution in [0.2, 0.25) is 0 Å². The number of rotatable bonds is 6. The summed E-state index contributed by atoms with van der Waals surface area (Å²) >= 11 is 4.52. The Hall–Kier alpha value is -3.37. The topological polar surface area (TPSA) is 99.4 Å². The lowest BCUT2D eigenvalue weighted by Crippen LogP contribution is -2.39. The molecule has 0 fully saturated rings. The molecule has 1 aliphatic rings. The Morgan fingerprint density at radius 2 is 2.03 bits per heavy atom. The number of aromatic hydroxyl groups is 1. The number of carbonyl (C=O) groups excluding carboxylic acids is 1.